The lowest BCUT2D eigenvalue weighted by atomic mass is 9.85. The Balaban J connectivity index is 2.63. The van der Waals surface area contributed by atoms with Gasteiger partial charge in [0.25, 0.3) is 0 Å². The quantitative estimate of drug-likeness (QED) is 0.935. The summed E-state index contributed by atoms with van der Waals surface area (Å²) in [6.07, 6.45) is 0.987. The molecule has 0 saturated carbocycles. The standard InChI is InChI=1S/C18H27N3/c1-12-7-14(10-18(3,4)11-19)9-15-16(21(5)6)8-13(2)20-17(12)15/h7-9H,10-11,19H2,1-6H3. The highest BCUT2D eigenvalue weighted by atomic mass is 15.1. The fourth-order valence-electron chi connectivity index (χ4n) is 2.78. The Morgan fingerprint density at radius 1 is 1.14 bits per heavy atom. The smallest absolute Gasteiger partial charge is 0.0755 e. The van der Waals surface area contributed by atoms with Crippen molar-refractivity contribution < 1.29 is 0 Å². The van der Waals surface area contributed by atoms with Gasteiger partial charge in [0.15, 0.2) is 0 Å². The largest absolute Gasteiger partial charge is 0.377 e. The predicted octanol–water partition coefficient (Wildman–Crippen LogP) is 3.45. The average molecular weight is 285 g/mol. The molecule has 0 fully saturated rings. The van der Waals surface area contributed by atoms with Crippen LogP contribution in [0.3, 0.4) is 0 Å². The second kappa shape index (κ2) is 5.64. The molecular weight excluding hydrogens is 258 g/mol. The molecule has 0 radical (unpaired) electrons. The first-order valence-corrected chi connectivity index (χ1v) is 7.52. The number of pyridine rings is 1. The molecular formula is C18H27N3. The number of hydrogen-bond acceptors (Lipinski definition) is 3. The van der Waals surface area contributed by atoms with Crippen LogP contribution in [0, 0.1) is 19.3 Å². The highest BCUT2D eigenvalue weighted by Gasteiger charge is 2.18. The van der Waals surface area contributed by atoms with E-state index in [-0.39, 0.29) is 5.41 Å². The summed E-state index contributed by atoms with van der Waals surface area (Å²) in [6.45, 7) is 9.32. The van der Waals surface area contributed by atoms with Crippen LogP contribution in [0.25, 0.3) is 10.9 Å². The number of anilines is 1. The van der Waals surface area contributed by atoms with Crippen LogP contribution in [-0.4, -0.2) is 25.6 Å². The molecule has 2 rings (SSSR count). The molecule has 1 aromatic heterocycles. The molecule has 0 atom stereocenters. The van der Waals surface area contributed by atoms with Crippen molar-refractivity contribution in [2.24, 2.45) is 11.1 Å². The molecule has 2 N–H and O–H groups in total. The van der Waals surface area contributed by atoms with Gasteiger partial charge in [-0.25, -0.2) is 0 Å². The molecule has 0 bridgehead atoms. The number of hydrogen-bond donors (Lipinski definition) is 1. The SMILES string of the molecule is Cc1cc(N(C)C)c2cc(CC(C)(C)CN)cc(C)c2n1. The Kier molecular flexibility index (Phi) is 4.24. The van der Waals surface area contributed by atoms with Gasteiger partial charge >= 0.3 is 0 Å². The number of rotatable bonds is 4. The van der Waals surface area contributed by atoms with Gasteiger partial charge in [0, 0.05) is 30.9 Å². The van der Waals surface area contributed by atoms with Gasteiger partial charge in [-0.05, 0) is 55.5 Å². The van der Waals surface area contributed by atoms with Crippen LogP contribution in [0.1, 0.15) is 30.7 Å². The lowest BCUT2D eigenvalue weighted by Crippen LogP contribution is -2.26. The number of fused-ring (bicyclic) bond motifs is 1. The molecule has 1 aromatic carbocycles. The highest BCUT2D eigenvalue weighted by Crippen LogP contribution is 2.31. The number of nitrogens with zero attached hydrogens (tertiary/aromatic N) is 2. The van der Waals surface area contributed by atoms with Gasteiger partial charge in [0.2, 0.25) is 0 Å². The van der Waals surface area contributed by atoms with Crippen molar-refractivity contribution in [3.8, 4) is 0 Å². The Morgan fingerprint density at radius 3 is 2.38 bits per heavy atom. The molecule has 2 aromatic rings. The molecule has 0 amide bonds. The second-order valence-corrected chi connectivity index (χ2v) is 7.03. The summed E-state index contributed by atoms with van der Waals surface area (Å²) in [5.41, 5.74) is 12.0. The molecule has 0 aliphatic carbocycles. The topological polar surface area (TPSA) is 42.1 Å². The zero-order valence-electron chi connectivity index (χ0n) is 14.1. The van der Waals surface area contributed by atoms with Crippen LogP contribution in [0.5, 0.6) is 0 Å². The third-order valence-corrected chi connectivity index (χ3v) is 3.99. The minimum absolute atomic E-state index is 0.122. The highest BCUT2D eigenvalue weighted by molar-refractivity contribution is 5.94. The van der Waals surface area contributed by atoms with Gasteiger partial charge in [0.05, 0.1) is 5.52 Å². The molecule has 0 saturated heterocycles. The van der Waals surface area contributed by atoms with E-state index in [0.29, 0.717) is 6.54 Å². The maximum atomic E-state index is 5.88. The summed E-state index contributed by atoms with van der Waals surface area (Å²) in [6, 6.07) is 6.69. The minimum Gasteiger partial charge on any atom is -0.377 e. The van der Waals surface area contributed by atoms with E-state index < -0.39 is 0 Å². The fourth-order valence-corrected chi connectivity index (χ4v) is 2.78. The lowest BCUT2D eigenvalue weighted by Gasteiger charge is -2.24. The van der Waals surface area contributed by atoms with E-state index in [1.54, 1.807) is 0 Å². The molecule has 0 aliphatic rings. The molecule has 0 spiro atoms. The summed E-state index contributed by atoms with van der Waals surface area (Å²) < 4.78 is 0. The van der Waals surface area contributed by atoms with Crippen LogP contribution in [0.15, 0.2) is 18.2 Å². The first-order valence-electron chi connectivity index (χ1n) is 7.52. The predicted molar refractivity (Wildman–Crippen MR) is 92.1 cm³/mol. The van der Waals surface area contributed by atoms with Crippen LogP contribution < -0.4 is 10.6 Å². The van der Waals surface area contributed by atoms with E-state index in [4.69, 9.17) is 10.7 Å². The van der Waals surface area contributed by atoms with E-state index in [1.807, 2.05) is 0 Å². The van der Waals surface area contributed by atoms with Gasteiger partial charge < -0.3 is 10.6 Å². The maximum absolute atomic E-state index is 5.88. The normalized spacial score (nSPS) is 12.0. The van der Waals surface area contributed by atoms with Gasteiger partial charge in [-0.2, -0.15) is 0 Å². The Labute approximate surface area is 128 Å². The summed E-state index contributed by atoms with van der Waals surface area (Å²) in [5.74, 6) is 0. The van der Waals surface area contributed by atoms with Gasteiger partial charge in [-0.15, -0.1) is 0 Å². The van der Waals surface area contributed by atoms with E-state index in [2.05, 4.69) is 64.9 Å². The van der Waals surface area contributed by atoms with E-state index in [9.17, 15) is 0 Å². The Bertz CT molecular complexity index is 657. The number of aromatic nitrogens is 1. The van der Waals surface area contributed by atoms with Crippen LogP contribution >= 0.6 is 0 Å². The van der Waals surface area contributed by atoms with Crippen molar-refractivity contribution >= 4 is 16.6 Å². The van der Waals surface area contributed by atoms with E-state index in [0.717, 1.165) is 17.6 Å². The van der Waals surface area contributed by atoms with Crippen molar-refractivity contribution in [2.75, 3.05) is 25.5 Å². The van der Waals surface area contributed by atoms with Crippen LogP contribution in [-0.2, 0) is 6.42 Å². The van der Waals surface area contributed by atoms with Crippen molar-refractivity contribution in [2.45, 2.75) is 34.1 Å². The molecule has 21 heavy (non-hydrogen) atoms. The summed E-state index contributed by atoms with van der Waals surface area (Å²) in [5, 5.41) is 1.23. The summed E-state index contributed by atoms with van der Waals surface area (Å²) >= 11 is 0. The second-order valence-electron chi connectivity index (χ2n) is 7.03. The molecule has 0 aliphatic heterocycles. The van der Waals surface area contributed by atoms with E-state index >= 15 is 0 Å². The van der Waals surface area contributed by atoms with Crippen molar-refractivity contribution in [3.05, 3.63) is 35.0 Å². The van der Waals surface area contributed by atoms with Crippen molar-refractivity contribution in [3.63, 3.8) is 0 Å². The molecule has 0 unspecified atom stereocenters. The first-order chi connectivity index (χ1) is 9.73. The van der Waals surface area contributed by atoms with Gasteiger partial charge in [-0.3, -0.25) is 4.98 Å². The van der Waals surface area contributed by atoms with Crippen LogP contribution in [0.4, 0.5) is 5.69 Å². The van der Waals surface area contributed by atoms with Crippen molar-refractivity contribution in [1.29, 1.82) is 0 Å². The van der Waals surface area contributed by atoms with E-state index in [1.165, 1.54) is 22.2 Å². The zero-order chi connectivity index (χ0) is 15.8. The average Bonchev–Trinajstić information content (AvgIpc) is 2.38. The Morgan fingerprint density at radius 2 is 1.81 bits per heavy atom. The van der Waals surface area contributed by atoms with Crippen molar-refractivity contribution in [1.82, 2.24) is 4.98 Å². The fraction of sp³-hybridized carbons (Fsp3) is 0.500. The third kappa shape index (κ3) is 3.35. The van der Waals surface area contributed by atoms with Gasteiger partial charge in [0.1, 0.15) is 0 Å². The third-order valence-electron chi connectivity index (χ3n) is 3.99. The zero-order valence-corrected chi connectivity index (χ0v) is 14.1. The monoisotopic (exact) mass is 285 g/mol. The number of nitrogens with two attached hydrogens (primary N) is 1. The van der Waals surface area contributed by atoms with Crippen LogP contribution in [0.2, 0.25) is 0 Å². The molecule has 114 valence electrons. The molecule has 3 nitrogen and oxygen atoms in total. The Hall–Kier alpha value is -1.61. The summed E-state index contributed by atoms with van der Waals surface area (Å²) in [4.78, 5) is 6.89. The maximum Gasteiger partial charge on any atom is 0.0755 e. The number of benzene rings is 1. The summed E-state index contributed by atoms with van der Waals surface area (Å²) in [7, 11) is 4.17. The van der Waals surface area contributed by atoms with Gasteiger partial charge in [-0.1, -0.05) is 19.9 Å². The lowest BCUT2D eigenvalue weighted by molar-refractivity contribution is 0.377. The minimum atomic E-state index is 0.122. The molecule has 1 heterocycles. The first kappa shape index (κ1) is 15.8. The number of aryl methyl sites for hydroxylation is 2. The molecule has 3 heteroatoms.